The Labute approximate surface area is 189 Å². The number of anilines is 2. The predicted octanol–water partition coefficient (Wildman–Crippen LogP) is 6.45. The van der Waals surface area contributed by atoms with Crippen molar-refractivity contribution >= 4 is 35.1 Å². The van der Waals surface area contributed by atoms with Crippen LogP contribution in [-0.2, 0) is 4.79 Å². The highest BCUT2D eigenvalue weighted by atomic mass is 35.5. The fraction of sp³-hybridized carbons (Fsp3) is 0.0800. The van der Waals surface area contributed by atoms with Crippen molar-refractivity contribution in [2.75, 3.05) is 5.32 Å². The number of carbonyl (C=O) groups excluding carboxylic acids is 1. The van der Waals surface area contributed by atoms with Gasteiger partial charge in [-0.15, -0.1) is 0 Å². The van der Waals surface area contributed by atoms with Crippen LogP contribution in [0.3, 0.4) is 0 Å². The number of Topliss-reactive ketones (excluding diaryl/α,β-unsaturated/α-hetero) is 1. The van der Waals surface area contributed by atoms with Crippen LogP contribution in [0.1, 0.15) is 23.2 Å². The molecule has 2 N–H and O–H groups in total. The Kier molecular flexibility index (Phi) is 6.33. The number of ketones is 1. The minimum Gasteiger partial charge on any atom is -0.481 e. The molecular weight excluding hydrogens is 428 g/mol. The number of carboxylic acids is 1. The summed E-state index contributed by atoms with van der Waals surface area (Å²) in [5, 5.41) is 12.4. The molecule has 7 heteroatoms. The Morgan fingerprint density at radius 3 is 2.22 bits per heavy atom. The van der Waals surface area contributed by atoms with Crippen LogP contribution in [0.5, 0.6) is 0 Å². The van der Waals surface area contributed by atoms with Gasteiger partial charge in [0.05, 0.1) is 12.6 Å². The number of carboxylic acid groups (broad SMARTS) is 1. The number of nitrogens with zero attached hydrogens (tertiary/aromatic N) is 1. The summed E-state index contributed by atoms with van der Waals surface area (Å²) in [5.74, 6) is -0.531. The zero-order chi connectivity index (χ0) is 22.5. The van der Waals surface area contributed by atoms with Gasteiger partial charge in [-0.3, -0.25) is 9.59 Å². The van der Waals surface area contributed by atoms with Crippen LogP contribution in [0.15, 0.2) is 83.4 Å². The summed E-state index contributed by atoms with van der Waals surface area (Å²) in [6, 6.07) is 22.6. The van der Waals surface area contributed by atoms with Gasteiger partial charge in [0.1, 0.15) is 0 Å². The smallest absolute Gasteiger partial charge is 0.303 e. The fourth-order valence-electron chi connectivity index (χ4n) is 3.20. The standard InChI is InChI=1S/C25H19ClN2O4/c26-20-2-1-3-21(14-20)28-25-27-15-23(32-25)19-10-6-17(7-11-19)16-4-8-18(9-5-16)22(29)12-13-24(30)31/h1-11,14-15H,12-13H2,(H,27,28)(H,30,31). The first kappa shape index (κ1) is 21.3. The van der Waals surface area contributed by atoms with Gasteiger partial charge in [0.15, 0.2) is 11.5 Å². The van der Waals surface area contributed by atoms with Crippen LogP contribution < -0.4 is 5.32 Å². The second-order valence-corrected chi connectivity index (χ2v) is 7.57. The van der Waals surface area contributed by atoms with Gasteiger partial charge in [0.25, 0.3) is 6.01 Å². The van der Waals surface area contributed by atoms with E-state index in [9.17, 15) is 9.59 Å². The molecule has 0 amide bonds. The van der Waals surface area contributed by atoms with E-state index in [1.807, 2.05) is 48.5 Å². The zero-order valence-electron chi connectivity index (χ0n) is 16.9. The predicted molar refractivity (Wildman–Crippen MR) is 123 cm³/mol. The van der Waals surface area contributed by atoms with Crippen molar-refractivity contribution in [1.29, 1.82) is 0 Å². The highest BCUT2D eigenvalue weighted by Gasteiger charge is 2.10. The second-order valence-electron chi connectivity index (χ2n) is 7.14. The number of hydrogen-bond donors (Lipinski definition) is 2. The quantitative estimate of drug-likeness (QED) is 0.302. The molecule has 0 saturated carbocycles. The van der Waals surface area contributed by atoms with Crippen molar-refractivity contribution in [3.05, 3.63) is 89.6 Å². The lowest BCUT2D eigenvalue weighted by Crippen LogP contribution is -2.03. The molecule has 1 aromatic heterocycles. The van der Waals surface area contributed by atoms with E-state index in [1.54, 1.807) is 30.5 Å². The second kappa shape index (κ2) is 9.49. The van der Waals surface area contributed by atoms with E-state index in [4.69, 9.17) is 21.1 Å². The van der Waals surface area contributed by atoms with E-state index in [-0.39, 0.29) is 18.6 Å². The molecule has 0 aliphatic rings. The SMILES string of the molecule is O=C(O)CCC(=O)c1ccc(-c2ccc(-c3cnc(Nc4cccc(Cl)c4)o3)cc2)cc1. The lowest BCUT2D eigenvalue weighted by atomic mass is 10.00. The number of oxazole rings is 1. The number of benzene rings is 3. The zero-order valence-corrected chi connectivity index (χ0v) is 17.7. The van der Waals surface area contributed by atoms with Gasteiger partial charge >= 0.3 is 5.97 Å². The Balaban J connectivity index is 1.44. The number of aliphatic carboxylic acids is 1. The average Bonchev–Trinajstić information content (AvgIpc) is 3.26. The van der Waals surface area contributed by atoms with Gasteiger partial charge in [0, 0.05) is 28.3 Å². The minimum absolute atomic E-state index is 0.00524. The summed E-state index contributed by atoms with van der Waals surface area (Å²) in [4.78, 5) is 26.9. The summed E-state index contributed by atoms with van der Waals surface area (Å²) in [6.07, 6.45) is 1.48. The third kappa shape index (κ3) is 5.22. The van der Waals surface area contributed by atoms with E-state index >= 15 is 0 Å². The van der Waals surface area contributed by atoms with Gasteiger partial charge < -0.3 is 14.8 Å². The van der Waals surface area contributed by atoms with Gasteiger partial charge in [-0.25, -0.2) is 4.98 Å². The van der Waals surface area contributed by atoms with Crippen LogP contribution >= 0.6 is 11.6 Å². The van der Waals surface area contributed by atoms with E-state index in [2.05, 4.69) is 10.3 Å². The summed E-state index contributed by atoms with van der Waals surface area (Å²) in [6.45, 7) is 0. The molecule has 0 saturated heterocycles. The number of carbonyl (C=O) groups is 2. The van der Waals surface area contributed by atoms with Crippen molar-refractivity contribution in [3.8, 4) is 22.5 Å². The topological polar surface area (TPSA) is 92.4 Å². The Morgan fingerprint density at radius 2 is 1.56 bits per heavy atom. The van der Waals surface area contributed by atoms with Crippen molar-refractivity contribution < 1.29 is 19.1 Å². The molecule has 6 nitrogen and oxygen atoms in total. The van der Waals surface area contributed by atoms with Crippen molar-refractivity contribution in [2.24, 2.45) is 0 Å². The number of halogens is 1. The normalized spacial score (nSPS) is 10.7. The molecule has 160 valence electrons. The lowest BCUT2D eigenvalue weighted by molar-refractivity contribution is -0.136. The maximum absolute atomic E-state index is 12.0. The summed E-state index contributed by atoms with van der Waals surface area (Å²) >= 11 is 6.00. The Bertz CT molecular complexity index is 1250. The van der Waals surface area contributed by atoms with E-state index in [0.29, 0.717) is 22.4 Å². The number of aromatic nitrogens is 1. The minimum atomic E-state index is -0.978. The van der Waals surface area contributed by atoms with Crippen molar-refractivity contribution in [3.63, 3.8) is 0 Å². The molecule has 0 aliphatic heterocycles. The molecule has 0 bridgehead atoms. The first-order chi connectivity index (χ1) is 15.5. The van der Waals surface area contributed by atoms with Crippen LogP contribution in [0.25, 0.3) is 22.5 Å². The number of rotatable bonds is 8. The highest BCUT2D eigenvalue weighted by Crippen LogP contribution is 2.28. The van der Waals surface area contributed by atoms with Crippen LogP contribution in [0.2, 0.25) is 5.02 Å². The summed E-state index contributed by atoms with van der Waals surface area (Å²) < 4.78 is 5.80. The van der Waals surface area contributed by atoms with Gasteiger partial charge in [-0.05, 0) is 29.3 Å². The van der Waals surface area contributed by atoms with Gasteiger partial charge in [-0.1, -0.05) is 66.2 Å². The molecule has 0 aliphatic carbocycles. The van der Waals surface area contributed by atoms with Crippen molar-refractivity contribution in [1.82, 2.24) is 4.98 Å². The summed E-state index contributed by atoms with van der Waals surface area (Å²) in [5.41, 5.74) is 4.10. The molecular formula is C25H19ClN2O4. The molecule has 3 aromatic carbocycles. The molecule has 32 heavy (non-hydrogen) atoms. The molecule has 0 radical (unpaired) electrons. The molecule has 0 atom stereocenters. The molecule has 1 heterocycles. The van der Waals surface area contributed by atoms with Crippen LogP contribution in [0.4, 0.5) is 11.7 Å². The molecule has 4 rings (SSSR count). The molecule has 0 fully saturated rings. The monoisotopic (exact) mass is 446 g/mol. The van der Waals surface area contributed by atoms with E-state index in [1.165, 1.54) is 0 Å². The summed E-state index contributed by atoms with van der Waals surface area (Å²) in [7, 11) is 0. The highest BCUT2D eigenvalue weighted by molar-refractivity contribution is 6.30. The number of hydrogen-bond acceptors (Lipinski definition) is 5. The Hall–Kier alpha value is -3.90. The van der Waals surface area contributed by atoms with Crippen LogP contribution in [0, 0.1) is 0 Å². The maximum atomic E-state index is 12.0. The van der Waals surface area contributed by atoms with Gasteiger partial charge in [-0.2, -0.15) is 0 Å². The largest absolute Gasteiger partial charge is 0.481 e. The molecule has 4 aromatic rings. The third-order valence-electron chi connectivity index (χ3n) is 4.86. The lowest BCUT2D eigenvalue weighted by Gasteiger charge is -2.05. The molecule has 0 unspecified atom stereocenters. The first-order valence-corrected chi connectivity index (χ1v) is 10.3. The average molecular weight is 447 g/mol. The fourth-order valence-corrected chi connectivity index (χ4v) is 3.39. The first-order valence-electron chi connectivity index (χ1n) is 9.92. The number of nitrogens with one attached hydrogen (secondary N) is 1. The third-order valence-corrected chi connectivity index (χ3v) is 5.09. The van der Waals surface area contributed by atoms with E-state index < -0.39 is 5.97 Å². The van der Waals surface area contributed by atoms with Crippen molar-refractivity contribution in [2.45, 2.75) is 12.8 Å². The Morgan fingerprint density at radius 1 is 0.906 bits per heavy atom. The van der Waals surface area contributed by atoms with Gasteiger partial charge in [0.2, 0.25) is 0 Å². The van der Waals surface area contributed by atoms with Crippen LogP contribution in [-0.4, -0.2) is 21.8 Å². The maximum Gasteiger partial charge on any atom is 0.303 e. The molecule has 0 spiro atoms. The van der Waals surface area contributed by atoms with E-state index in [0.717, 1.165) is 22.4 Å².